The number of hydrogen-bond donors (Lipinski definition) is 1. The van der Waals surface area contributed by atoms with Gasteiger partial charge in [0.2, 0.25) is 0 Å². The van der Waals surface area contributed by atoms with Gasteiger partial charge in [0, 0.05) is 23.7 Å². The fourth-order valence-corrected chi connectivity index (χ4v) is 3.63. The minimum absolute atomic E-state index is 0.420. The monoisotopic (exact) mass is 320 g/mol. The predicted molar refractivity (Wildman–Crippen MR) is 91.5 cm³/mol. The van der Waals surface area contributed by atoms with Crippen LogP contribution in [0.4, 0.5) is 0 Å². The SMILES string of the molecule is C=C1COC[C@H](Cc2ccc(Cl)cc2)N(C2CCNCC2)C1. The lowest BCUT2D eigenvalue weighted by atomic mass is 9.98. The van der Waals surface area contributed by atoms with Crippen LogP contribution in [0.5, 0.6) is 0 Å². The molecule has 2 fully saturated rings. The minimum atomic E-state index is 0.420. The highest BCUT2D eigenvalue weighted by atomic mass is 35.5. The molecular weight excluding hydrogens is 296 g/mol. The van der Waals surface area contributed by atoms with E-state index in [0.717, 1.165) is 37.7 Å². The van der Waals surface area contributed by atoms with Crippen molar-refractivity contribution >= 4 is 11.6 Å². The standard InChI is InChI=1S/C18H25ClN2O/c1-14-11-21(17-6-8-20-9-7-17)18(13-22-12-14)10-15-2-4-16(19)5-3-15/h2-5,17-18,20H,1,6-13H2/t18-/m0/s1. The van der Waals surface area contributed by atoms with E-state index in [1.165, 1.54) is 24.0 Å². The summed E-state index contributed by atoms with van der Waals surface area (Å²) in [5.74, 6) is 0. The first-order valence-electron chi connectivity index (χ1n) is 8.17. The molecule has 0 radical (unpaired) electrons. The zero-order valence-corrected chi connectivity index (χ0v) is 13.8. The van der Waals surface area contributed by atoms with Gasteiger partial charge in [-0.3, -0.25) is 4.90 Å². The van der Waals surface area contributed by atoms with Crippen molar-refractivity contribution in [3.8, 4) is 0 Å². The maximum Gasteiger partial charge on any atom is 0.0687 e. The molecule has 2 aliphatic heterocycles. The van der Waals surface area contributed by atoms with Crippen molar-refractivity contribution < 1.29 is 4.74 Å². The lowest BCUT2D eigenvalue weighted by Gasteiger charge is -2.39. The molecule has 1 atom stereocenters. The molecule has 3 nitrogen and oxygen atoms in total. The smallest absolute Gasteiger partial charge is 0.0687 e. The Morgan fingerprint density at radius 2 is 1.95 bits per heavy atom. The van der Waals surface area contributed by atoms with E-state index in [9.17, 15) is 0 Å². The summed E-state index contributed by atoms with van der Waals surface area (Å²) in [6.45, 7) is 8.84. The molecule has 0 amide bonds. The van der Waals surface area contributed by atoms with Gasteiger partial charge in [-0.15, -0.1) is 0 Å². The molecule has 1 aromatic carbocycles. The first-order chi connectivity index (χ1) is 10.7. The van der Waals surface area contributed by atoms with Gasteiger partial charge >= 0.3 is 0 Å². The number of halogens is 1. The number of hydrogen-bond acceptors (Lipinski definition) is 3. The van der Waals surface area contributed by atoms with Gasteiger partial charge < -0.3 is 10.1 Å². The van der Waals surface area contributed by atoms with E-state index in [1.54, 1.807) is 0 Å². The van der Waals surface area contributed by atoms with Crippen molar-refractivity contribution in [1.82, 2.24) is 10.2 Å². The van der Waals surface area contributed by atoms with Crippen LogP contribution in [0.2, 0.25) is 5.02 Å². The molecule has 22 heavy (non-hydrogen) atoms. The normalized spacial score (nSPS) is 25.1. The zero-order valence-electron chi connectivity index (χ0n) is 13.1. The molecule has 0 bridgehead atoms. The molecule has 0 unspecified atom stereocenters. The lowest BCUT2D eigenvalue weighted by molar-refractivity contribution is 0.0690. The highest BCUT2D eigenvalue weighted by Crippen LogP contribution is 2.22. The van der Waals surface area contributed by atoms with E-state index in [0.29, 0.717) is 18.7 Å². The molecular formula is C18H25ClN2O. The first-order valence-corrected chi connectivity index (χ1v) is 8.55. The summed E-state index contributed by atoms with van der Waals surface area (Å²) >= 11 is 6.00. The Hall–Kier alpha value is -0.870. The summed E-state index contributed by atoms with van der Waals surface area (Å²) in [4.78, 5) is 2.63. The maximum absolute atomic E-state index is 6.00. The topological polar surface area (TPSA) is 24.5 Å². The molecule has 0 aromatic heterocycles. The zero-order chi connectivity index (χ0) is 15.4. The van der Waals surface area contributed by atoms with E-state index in [2.05, 4.69) is 28.9 Å². The molecule has 3 rings (SSSR count). The Labute approximate surface area is 138 Å². The fraction of sp³-hybridized carbons (Fsp3) is 0.556. The van der Waals surface area contributed by atoms with Gasteiger partial charge in [-0.05, 0) is 55.6 Å². The van der Waals surface area contributed by atoms with E-state index in [1.807, 2.05) is 12.1 Å². The third kappa shape index (κ3) is 4.11. The van der Waals surface area contributed by atoms with Crippen LogP contribution in [0, 0.1) is 0 Å². The van der Waals surface area contributed by atoms with E-state index in [4.69, 9.17) is 16.3 Å². The summed E-state index contributed by atoms with van der Waals surface area (Å²) in [5.41, 5.74) is 2.52. The molecule has 1 N–H and O–H groups in total. The second kappa shape index (κ2) is 7.60. The van der Waals surface area contributed by atoms with Crippen molar-refractivity contribution in [3.05, 3.63) is 47.0 Å². The summed E-state index contributed by atoms with van der Waals surface area (Å²) in [6, 6.07) is 9.26. The number of piperidine rings is 1. The van der Waals surface area contributed by atoms with Crippen LogP contribution in [0.25, 0.3) is 0 Å². The molecule has 120 valence electrons. The summed E-state index contributed by atoms with van der Waals surface area (Å²) < 4.78 is 5.85. The predicted octanol–water partition coefficient (Wildman–Crippen LogP) is 2.89. The molecule has 4 heteroatoms. The van der Waals surface area contributed by atoms with E-state index >= 15 is 0 Å². The van der Waals surface area contributed by atoms with E-state index in [-0.39, 0.29) is 0 Å². The van der Waals surface area contributed by atoms with Gasteiger partial charge in [0.25, 0.3) is 0 Å². The van der Waals surface area contributed by atoms with Crippen LogP contribution >= 0.6 is 11.6 Å². The van der Waals surface area contributed by atoms with Crippen LogP contribution in [0.1, 0.15) is 18.4 Å². The van der Waals surface area contributed by atoms with E-state index < -0.39 is 0 Å². The van der Waals surface area contributed by atoms with Crippen LogP contribution in [-0.4, -0.2) is 49.8 Å². The molecule has 2 aliphatic rings. The maximum atomic E-state index is 6.00. The molecule has 1 aromatic rings. The van der Waals surface area contributed by atoms with Gasteiger partial charge in [-0.1, -0.05) is 30.3 Å². The molecule has 2 heterocycles. The summed E-state index contributed by atoms with van der Waals surface area (Å²) in [7, 11) is 0. The number of nitrogens with one attached hydrogen (secondary N) is 1. The van der Waals surface area contributed by atoms with Gasteiger partial charge in [-0.2, -0.15) is 0 Å². The second-order valence-corrected chi connectivity index (χ2v) is 6.84. The third-order valence-corrected chi connectivity index (χ3v) is 4.91. The Morgan fingerprint density at radius 1 is 1.23 bits per heavy atom. The van der Waals surface area contributed by atoms with Crippen LogP contribution < -0.4 is 5.32 Å². The van der Waals surface area contributed by atoms with Crippen molar-refractivity contribution in [1.29, 1.82) is 0 Å². The third-order valence-electron chi connectivity index (χ3n) is 4.65. The van der Waals surface area contributed by atoms with Gasteiger partial charge in [-0.25, -0.2) is 0 Å². The molecule has 0 spiro atoms. The Bertz CT molecular complexity index is 496. The molecule has 2 saturated heterocycles. The van der Waals surface area contributed by atoms with Crippen molar-refractivity contribution in [2.75, 3.05) is 32.8 Å². The average molecular weight is 321 g/mol. The highest BCUT2D eigenvalue weighted by molar-refractivity contribution is 6.30. The quantitative estimate of drug-likeness (QED) is 0.867. The molecule has 0 saturated carbocycles. The summed E-state index contributed by atoms with van der Waals surface area (Å²) in [5, 5.41) is 4.25. The first kappa shape index (κ1) is 16.0. The fourth-order valence-electron chi connectivity index (χ4n) is 3.50. The van der Waals surface area contributed by atoms with Gasteiger partial charge in [0.1, 0.15) is 0 Å². The van der Waals surface area contributed by atoms with Crippen LogP contribution in [0.15, 0.2) is 36.4 Å². The Morgan fingerprint density at radius 3 is 2.68 bits per heavy atom. The number of nitrogens with zero attached hydrogens (tertiary/aromatic N) is 1. The number of ether oxygens (including phenoxy) is 1. The van der Waals surface area contributed by atoms with Crippen LogP contribution in [-0.2, 0) is 11.2 Å². The Kier molecular flexibility index (Phi) is 5.53. The van der Waals surface area contributed by atoms with Gasteiger partial charge in [0.05, 0.1) is 13.2 Å². The second-order valence-electron chi connectivity index (χ2n) is 6.40. The van der Waals surface area contributed by atoms with Crippen molar-refractivity contribution in [2.45, 2.75) is 31.3 Å². The lowest BCUT2D eigenvalue weighted by Crippen LogP contribution is -2.50. The minimum Gasteiger partial charge on any atom is -0.375 e. The largest absolute Gasteiger partial charge is 0.375 e. The number of benzene rings is 1. The molecule has 0 aliphatic carbocycles. The average Bonchev–Trinajstić information content (AvgIpc) is 2.72. The van der Waals surface area contributed by atoms with Gasteiger partial charge in [0.15, 0.2) is 0 Å². The van der Waals surface area contributed by atoms with Crippen molar-refractivity contribution in [3.63, 3.8) is 0 Å². The van der Waals surface area contributed by atoms with Crippen LogP contribution in [0.3, 0.4) is 0 Å². The Balaban J connectivity index is 1.74. The number of rotatable bonds is 3. The van der Waals surface area contributed by atoms with Crippen molar-refractivity contribution in [2.24, 2.45) is 0 Å². The summed E-state index contributed by atoms with van der Waals surface area (Å²) in [6.07, 6.45) is 3.43. The highest BCUT2D eigenvalue weighted by Gasteiger charge is 2.30.